The first kappa shape index (κ1) is 19.6. The molecule has 0 aromatic heterocycles. The van der Waals surface area contributed by atoms with Crippen LogP contribution >= 0.6 is 0 Å². The number of aryl methyl sites for hydroxylation is 1. The van der Waals surface area contributed by atoms with Gasteiger partial charge in [0.15, 0.2) is 0 Å². The Kier molecular flexibility index (Phi) is 5.78. The summed E-state index contributed by atoms with van der Waals surface area (Å²) >= 11 is 0. The molecule has 3 rings (SSSR count). The fraction of sp³-hybridized carbons (Fsp3) is 0.318. The quantitative estimate of drug-likeness (QED) is 0.805. The van der Waals surface area contributed by atoms with Crippen molar-refractivity contribution in [3.05, 3.63) is 59.7 Å². The van der Waals surface area contributed by atoms with E-state index in [0.717, 1.165) is 11.3 Å². The number of benzene rings is 2. The van der Waals surface area contributed by atoms with E-state index in [1.807, 2.05) is 31.2 Å². The summed E-state index contributed by atoms with van der Waals surface area (Å²) in [5.41, 5.74) is 2.85. The normalized spacial score (nSPS) is 16.4. The lowest BCUT2D eigenvalue weighted by atomic mass is 10.1. The van der Waals surface area contributed by atoms with E-state index in [-0.39, 0.29) is 24.3 Å². The van der Waals surface area contributed by atoms with E-state index in [0.29, 0.717) is 17.8 Å². The molecule has 1 N–H and O–H groups in total. The number of hydrogen-bond donors (Lipinski definition) is 1. The van der Waals surface area contributed by atoms with Gasteiger partial charge in [0.2, 0.25) is 11.8 Å². The van der Waals surface area contributed by atoms with Gasteiger partial charge in [0.1, 0.15) is 0 Å². The molecule has 0 radical (unpaired) electrons. The number of carbonyl (C=O) groups is 3. The number of amides is 2. The fourth-order valence-electron chi connectivity index (χ4n) is 3.20. The third-order valence-corrected chi connectivity index (χ3v) is 4.63. The van der Waals surface area contributed by atoms with E-state index >= 15 is 0 Å². The standard InChI is InChI=1S/C22H24N2O4/c1-14(2)28-22(27)16-8-10-18(11-9-16)23-21(26)17-12-20(25)24(13-17)19-7-5-4-6-15(19)3/h4-11,14,17H,12-13H2,1-3H3,(H,23,26)/t17-/m1/s1. The van der Waals surface area contributed by atoms with Gasteiger partial charge >= 0.3 is 5.97 Å². The molecule has 1 atom stereocenters. The Morgan fingerprint density at radius 1 is 1.11 bits per heavy atom. The van der Waals surface area contributed by atoms with Gasteiger partial charge in [0.05, 0.1) is 17.6 Å². The molecule has 2 amide bonds. The van der Waals surface area contributed by atoms with E-state index in [2.05, 4.69) is 5.32 Å². The molecule has 0 bridgehead atoms. The second kappa shape index (κ2) is 8.25. The summed E-state index contributed by atoms with van der Waals surface area (Å²) in [6.45, 7) is 5.88. The van der Waals surface area contributed by atoms with Crippen LogP contribution in [0.15, 0.2) is 48.5 Å². The minimum Gasteiger partial charge on any atom is -0.459 e. The summed E-state index contributed by atoms with van der Waals surface area (Å²) in [6, 6.07) is 14.2. The van der Waals surface area contributed by atoms with E-state index < -0.39 is 11.9 Å². The second-order valence-corrected chi connectivity index (χ2v) is 7.21. The summed E-state index contributed by atoms with van der Waals surface area (Å²) in [4.78, 5) is 38.6. The zero-order valence-electron chi connectivity index (χ0n) is 16.3. The fourth-order valence-corrected chi connectivity index (χ4v) is 3.20. The molecule has 1 aliphatic heterocycles. The predicted octanol–water partition coefficient (Wildman–Crippen LogP) is 3.55. The smallest absolute Gasteiger partial charge is 0.338 e. The highest BCUT2D eigenvalue weighted by atomic mass is 16.5. The molecule has 0 saturated carbocycles. The molecule has 1 heterocycles. The number of para-hydroxylation sites is 1. The number of rotatable bonds is 5. The van der Waals surface area contributed by atoms with E-state index in [1.54, 1.807) is 43.0 Å². The minimum absolute atomic E-state index is 0.0544. The summed E-state index contributed by atoms with van der Waals surface area (Å²) in [5.74, 6) is -1.08. The number of nitrogens with one attached hydrogen (secondary N) is 1. The Hall–Kier alpha value is -3.15. The van der Waals surface area contributed by atoms with Crippen LogP contribution in [0.2, 0.25) is 0 Å². The van der Waals surface area contributed by atoms with Gasteiger partial charge in [-0.3, -0.25) is 9.59 Å². The maximum atomic E-state index is 12.6. The third kappa shape index (κ3) is 4.39. The average Bonchev–Trinajstić information content (AvgIpc) is 3.04. The molecule has 146 valence electrons. The van der Waals surface area contributed by atoms with Gasteiger partial charge in [0, 0.05) is 24.3 Å². The molecule has 1 aliphatic rings. The molecular weight excluding hydrogens is 356 g/mol. The highest BCUT2D eigenvalue weighted by Gasteiger charge is 2.35. The molecule has 28 heavy (non-hydrogen) atoms. The van der Waals surface area contributed by atoms with Gasteiger partial charge in [-0.2, -0.15) is 0 Å². The number of esters is 1. The van der Waals surface area contributed by atoms with Gasteiger partial charge in [0.25, 0.3) is 0 Å². The van der Waals surface area contributed by atoms with Crippen molar-refractivity contribution in [2.75, 3.05) is 16.8 Å². The largest absolute Gasteiger partial charge is 0.459 e. The monoisotopic (exact) mass is 380 g/mol. The molecule has 2 aromatic carbocycles. The van der Waals surface area contributed by atoms with Crippen molar-refractivity contribution in [2.24, 2.45) is 5.92 Å². The Balaban J connectivity index is 1.63. The molecule has 1 saturated heterocycles. The lowest BCUT2D eigenvalue weighted by molar-refractivity contribution is -0.122. The third-order valence-electron chi connectivity index (χ3n) is 4.63. The molecule has 1 fully saturated rings. The minimum atomic E-state index is -0.419. The van der Waals surface area contributed by atoms with Gasteiger partial charge in [-0.15, -0.1) is 0 Å². The maximum Gasteiger partial charge on any atom is 0.338 e. The van der Waals surface area contributed by atoms with Crippen LogP contribution in [-0.4, -0.2) is 30.4 Å². The Morgan fingerprint density at radius 3 is 2.43 bits per heavy atom. The Morgan fingerprint density at radius 2 is 1.79 bits per heavy atom. The van der Waals surface area contributed by atoms with Crippen molar-refractivity contribution in [2.45, 2.75) is 33.3 Å². The number of nitrogens with zero attached hydrogens (tertiary/aromatic N) is 1. The molecule has 6 nitrogen and oxygen atoms in total. The highest BCUT2D eigenvalue weighted by molar-refractivity contribution is 6.04. The first-order valence-corrected chi connectivity index (χ1v) is 9.33. The highest BCUT2D eigenvalue weighted by Crippen LogP contribution is 2.28. The molecule has 2 aromatic rings. The van der Waals surface area contributed by atoms with Crippen LogP contribution in [0.4, 0.5) is 11.4 Å². The second-order valence-electron chi connectivity index (χ2n) is 7.21. The van der Waals surface area contributed by atoms with Crippen molar-refractivity contribution in [3.8, 4) is 0 Å². The van der Waals surface area contributed by atoms with Crippen LogP contribution in [0.3, 0.4) is 0 Å². The lowest BCUT2D eigenvalue weighted by Gasteiger charge is -2.19. The molecule has 0 aliphatic carbocycles. The van der Waals surface area contributed by atoms with Crippen LogP contribution in [0, 0.1) is 12.8 Å². The topological polar surface area (TPSA) is 75.7 Å². The number of hydrogen-bond acceptors (Lipinski definition) is 4. The number of anilines is 2. The van der Waals surface area contributed by atoms with E-state index in [1.165, 1.54) is 0 Å². The number of ether oxygens (including phenoxy) is 1. The SMILES string of the molecule is Cc1ccccc1N1C[C@H](C(=O)Nc2ccc(C(=O)OC(C)C)cc2)CC1=O. The van der Waals surface area contributed by atoms with Crippen LogP contribution < -0.4 is 10.2 Å². The van der Waals surface area contributed by atoms with Gasteiger partial charge in [-0.1, -0.05) is 18.2 Å². The van der Waals surface area contributed by atoms with Gasteiger partial charge in [-0.25, -0.2) is 4.79 Å². The summed E-state index contributed by atoms with van der Waals surface area (Å²) in [6.07, 6.45) is -0.0122. The first-order chi connectivity index (χ1) is 13.3. The summed E-state index contributed by atoms with van der Waals surface area (Å²) < 4.78 is 5.14. The summed E-state index contributed by atoms with van der Waals surface area (Å²) in [7, 11) is 0. The number of carbonyl (C=O) groups excluding carboxylic acids is 3. The maximum absolute atomic E-state index is 12.6. The lowest BCUT2D eigenvalue weighted by Crippen LogP contribution is -2.28. The van der Waals surface area contributed by atoms with Crippen molar-refractivity contribution >= 4 is 29.2 Å². The average molecular weight is 380 g/mol. The van der Waals surface area contributed by atoms with Crippen molar-refractivity contribution < 1.29 is 19.1 Å². The Labute approximate surface area is 164 Å². The van der Waals surface area contributed by atoms with Crippen LogP contribution in [0.5, 0.6) is 0 Å². The van der Waals surface area contributed by atoms with Gasteiger partial charge < -0.3 is 15.0 Å². The van der Waals surface area contributed by atoms with Crippen LogP contribution in [-0.2, 0) is 14.3 Å². The van der Waals surface area contributed by atoms with E-state index in [4.69, 9.17) is 4.74 Å². The predicted molar refractivity (Wildman–Crippen MR) is 107 cm³/mol. The first-order valence-electron chi connectivity index (χ1n) is 9.33. The zero-order valence-corrected chi connectivity index (χ0v) is 16.3. The Bertz CT molecular complexity index is 890. The molecule has 6 heteroatoms. The van der Waals surface area contributed by atoms with Crippen molar-refractivity contribution in [1.29, 1.82) is 0 Å². The van der Waals surface area contributed by atoms with Crippen molar-refractivity contribution in [1.82, 2.24) is 0 Å². The molecule has 0 unspecified atom stereocenters. The van der Waals surface area contributed by atoms with Crippen molar-refractivity contribution in [3.63, 3.8) is 0 Å². The van der Waals surface area contributed by atoms with Crippen LogP contribution in [0.25, 0.3) is 0 Å². The van der Waals surface area contributed by atoms with E-state index in [9.17, 15) is 14.4 Å². The molecular formula is C22H24N2O4. The molecule has 0 spiro atoms. The summed E-state index contributed by atoms with van der Waals surface area (Å²) in [5, 5.41) is 2.83. The van der Waals surface area contributed by atoms with Gasteiger partial charge in [-0.05, 0) is 56.7 Å². The van der Waals surface area contributed by atoms with Crippen LogP contribution in [0.1, 0.15) is 36.2 Å². The zero-order chi connectivity index (χ0) is 20.3.